The number of carbonyl (C=O) groups excluding carboxylic acids is 1. The number of furan rings is 1. The number of rotatable bonds is 4. The average molecular weight is 246 g/mol. The molecule has 17 heavy (non-hydrogen) atoms. The fourth-order valence-electron chi connectivity index (χ4n) is 1.49. The summed E-state index contributed by atoms with van der Waals surface area (Å²) >= 11 is 1.52. The molecular formula is C14H14O2S. The predicted octanol–water partition coefficient (Wildman–Crippen LogP) is 3.87. The molecule has 0 unspecified atom stereocenters. The van der Waals surface area contributed by atoms with Gasteiger partial charge in [0.2, 0.25) is 0 Å². The largest absolute Gasteiger partial charge is 0.468 e. The van der Waals surface area contributed by atoms with Crippen LogP contribution in [0.4, 0.5) is 0 Å². The fourth-order valence-corrected chi connectivity index (χ4v) is 2.35. The van der Waals surface area contributed by atoms with Crippen LogP contribution in [0, 0.1) is 13.8 Å². The Bertz CT molecular complexity index is 511. The summed E-state index contributed by atoms with van der Waals surface area (Å²) in [5.74, 6) is 1.46. The van der Waals surface area contributed by atoms with Crippen LogP contribution in [0.2, 0.25) is 0 Å². The van der Waals surface area contributed by atoms with Gasteiger partial charge in [-0.15, -0.1) is 11.8 Å². The zero-order valence-corrected chi connectivity index (χ0v) is 10.7. The van der Waals surface area contributed by atoms with Crippen molar-refractivity contribution < 1.29 is 9.21 Å². The molecule has 0 aliphatic carbocycles. The van der Waals surface area contributed by atoms with E-state index in [9.17, 15) is 4.79 Å². The van der Waals surface area contributed by atoms with Crippen molar-refractivity contribution in [3.63, 3.8) is 0 Å². The highest BCUT2D eigenvalue weighted by atomic mass is 32.2. The van der Waals surface area contributed by atoms with Gasteiger partial charge in [-0.25, -0.2) is 0 Å². The van der Waals surface area contributed by atoms with Crippen molar-refractivity contribution in [2.75, 3.05) is 5.75 Å². The van der Waals surface area contributed by atoms with Crippen molar-refractivity contribution in [1.82, 2.24) is 0 Å². The van der Waals surface area contributed by atoms with Crippen LogP contribution in [0.5, 0.6) is 0 Å². The van der Waals surface area contributed by atoms with Crippen LogP contribution in [-0.4, -0.2) is 11.5 Å². The van der Waals surface area contributed by atoms with Gasteiger partial charge in [-0.3, -0.25) is 4.79 Å². The fraction of sp³-hybridized carbons (Fsp3) is 0.214. The molecule has 0 aliphatic heterocycles. The summed E-state index contributed by atoms with van der Waals surface area (Å²) < 4.78 is 5.19. The molecule has 1 aromatic carbocycles. The third-order valence-electron chi connectivity index (χ3n) is 2.54. The molecule has 0 amide bonds. The summed E-state index contributed by atoms with van der Waals surface area (Å²) in [4.78, 5) is 12.9. The average Bonchev–Trinajstić information content (AvgIpc) is 2.73. The first kappa shape index (κ1) is 12.0. The lowest BCUT2D eigenvalue weighted by molar-refractivity contribution is 0.102. The lowest BCUT2D eigenvalue weighted by Crippen LogP contribution is -2.01. The highest BCUT2D eigenvalue weighted by Gasteiger charge is 2.08. The van der Waals surface area contributed by atoms with Gasteiger partial charge in [-0.2, -0.15) is 0 Å². The Morgan fingerprint density at radius 2 is 1.88 bits per heavy atom. The maximum atomic E-state index is 11.9. The summed E-state index contributed by atoms with van der Waals surface area (Å²) in [6.45, 7) is 3.91. The van der Waals surface area contributed by atoms with Gasteiger partial charge in [0.05, 0.1) is 12.0 Å². The standard InChI is InChI=1S/C14H14O2S/c1-10-3-5-12(6-4-10)13(15)9-17-14-7-8-16-11(14)2/h3-8H,9H2,1-2H3. The maximum absolute atomic E-state index is 11.9. The van der Waals surface area contributed by atoms with E-state index in [1.807, 2.05) is 44.2 Å². The quantitative estimate of drug-likeness (QED) is 0.606. The van der Waals surface area contributed by atoms with Crippen LogP contribution in [-0.2, 0) is 0 Å². The summed E-state index contributed by atoms with van der Waals surface area (Å²) in [5.41, 5.74) is 1.93. The van der Waals surface area contributed by atoms with Crippen LogP contribution in [0.1, 0.15) is 21.7 Å². The van der Waals surface area contributed by atoms with E-state index in [0.29, 0.717) is 5.75 Å². The van der Waals surface area contributed by atoms with Gasteiger partial charge in [0.1, 0.15) is 5.76 Å². The minimum Gasteiger partial charge on any atom is -0.468 e. The molecule has 2 rings (SSSR count). The molecule has 0 aliphatic rings. The Morgan fingerprint density at radius 1 is 1.18 bits per heavy atom. The second-order valence-electron chi connectivity index (χ2n) is 3.92. The number of aryl methyl sites for hydroxylation is 2. The lowest BCUT2D eigenvalue weighted by atomic mass is 10.1. The van der Waals surface area contributed by atoms with E-state index in [1.165, 1.54) is 17.3 Å². The molecule has 88 valence electrons. The van der Waals surface area contributed by atoms with E-state index in [1.54, 1.807) is 6.26 Å². The van der Waals surface area contributed by atoms with Gasteiger partial charge in [-0.05, 0) is 19.9 Å². The van der Waals surface area contributed by atoms with E-state index in [-0.39, 0.29) is 5.78 Å². The molecule has 0 saturated heterocycles. The zero-order valence-electron chi connectivity index (χ0n) is 9.90. The molecular weight excluding hydrogens is 232 g/mol. The molecule has 1 aromatic heterocycles. The molecule has 3 heteroatoms. The van der Waals surface area contributed by atoms with Gasteiger partial charge in [-0.1, -0.05) is 29.8 Å². The first-order chi connectivity index (χ1) is 8.16. The van der Waals surface area contributed by atoms with E-state index >= 15 is 0 Å². The van der Waals surface area contributed by atoms with Crippen LogP contribution < -0.4 is 0 Å². The van der Waals surface area contributed by atoms with Crippen LogP contribution in [0.15, 0.2) is 45.9 Å². The van der Waals surface area contributed by atoms with Gasteiger partial charge < -0.3 is 4.42 Å². The van der Waals surface area contributed by atoms with Crippen molar-refractivity contribution in [3.8, 4) is 0 Å². The molecule has 0 N–H and O–H groups in total. The Hall–Kier alpha value is -1.48. The van der Waals surface area contributed by atoms with Gasteiger partial charge in [0.25, 0.3) is 0 Å². The molecule has 0 bridgehead atoms. The van der Waals surface area contributed by atoms with Crippen molar-refractivity contribution in [1.29, 1.82) is 0 Å². The molecule has 2 nitrogen and oxygen atoms in total. The van der Waals surface area contributed by atoms with E-state index < -0.39 is 0 Å². The van der Waals surface area contributed by atoms with Crippen molar-refractivity contribution in [2.45, 2.75) is 18.7 Å². The molecule has 0 radical (unpaired) electrons. The smallest absolute Gasteiger partial charge is 0.173 e. The Kier molecular flexibility index (Phi) is 3.69. The van der Waals surface area contributed by atoms with Crippen molar-refractivity contribution in [2.24, 2.45) is 0 Å². The monoisotopic (exact) mass is 246 g/mol. The summed E-state index contributed by atoms with van der Waals surface area (Å²) in [6.07, 6.45) is 1.65. The number of ketones is 1. The number of Topliss-reactive ketones (excluding diaryl/α,β-unsaturated/α-hetero) is 1. The highest BCUT2D eigenvalue weighted by Crippen LogP contribution is 2.23. The molecule has 1 heterocycles. The minimum atomic E-state index is 0.149. The SMILES string of the molecule is Cc1ccc(C(=O)CSc2ccoc2C)cc1. The number of benzene rings is 1. The summed E-state index contributed by atoms with van der Waals surface area (Å²) in [5, 5.41) is 0. The Balaban J connectivity index is 1.98. The number of carbonyl (C=O) groups is 1. The highest BCUT2D eigenvalue weighted by molar-refractivity contribution is 8.00. The molecule has 0 atom stereocenters. The third-order valence-corrected chi connectivity index (χ3v) is 3.68. The molecule has 0 fully saturated rings. The Labute approximate surface area is 105 Å². The summed E-state index contributed by atoms with van der Waals surface area (Å²) in [6, 6.07) is 9.56. The lowest BCUT2D eigenvalue weighted by Gasteiger charge is -2.01. The number of thioether (sulfide) groups is 1. The second kappa shape index (κ2) is 5.23. The Morgan fingerprint density at radius 3 is 2.47 bits per heavy atom. The van der Waals surface area contributed by atoms with Crippen molar-refractivity contribution in [3.05, 3.63) is 53.5 Å². The molecule has 0 saturated carbocycles. The predicted molar refractivity (Wildman–Crippen MR) is 69.7 cm³/mol. The van der Waals surface area contributed by atoms with Gasteiger partial charge in [0, 0.05) is 10.5 Å². The van der Waals surface area contributed by atoms with E-state index in [4.69, 9.17) is 4.42 Å². The van der Waals surface area contributed by atoms with Gasteiger partial charge >= 0.3 is 0 Å². The molecule has 0 spiro atoms. The van der Waals surface area contributed by atoms with Crippen LogP contribution in [0.3, 0.4) is 0 Å². The summed E-state index contributed by atoms with van der Waals surface area (Å²) in [7, 11) is 0. The normalized spacial score (nSPS) is 10.5. The molecule has 2 aromatic rings. The zero-order chi connectivity index (χ0) is 12.3. The first-order valence-electron chi connectivity index (χ1n) is 5.43. The van der Waals surface area contributed by atoms with E-state index in [0.717, 1.165) is 16.2 Å². The third kappa shape index (κ3) is 3.01. The van der Waals surface area contributed by atoms with Crippen LogP contribution in [0.25, 0.3) is 0 Å². The topological polar surface area (TPSA) is 30.2 Å². The minimum absolute atomic E-state index is 0.149. The van der Waals surface area contributed by atoms with E-state index in [2.05, 4.69) is 0 Å². The van der Waals surface area contributed by atoms with Crippen LogP contribution >= 0.6 is 11.8 Å². The maximum Gasteiger partial charge on any atom is 0.173 e. The van der Waals surface area contributed by atoms with Crippen molar-refractivity contribution >= 4 is 17.5 Å². The first-order valence-corrected chi connectivity index (χ1v) is 6.42. The van der Waals surface area contributed by atoms with Gasteiger partial charge in [0.15, 0.2) is 5.78 Å². The second-order valence-corrected chi connectivity index (χ2v) is 4.94. The number of hydrogen-bond donors (Lipinski definition) is 0. The number of hydrogen-bond acceptors (Lipinski definition) is 3.